The minimum atomic E-state index is -0.283. The summed E-state index contributed by atoms with van der Waals surface area (Å²) in [6.07, 6.45) is 1.67. The van der Waals surface area contributed by atoms with E-state index in [0.29, 0.717) is 26.8 Å². The molecule has 1 atom stereocenters. The summed E-state index contributed by atoms with van der Waals surface area (Å²) in [5, 5.41) is 8.08. The number of halogens is 1. The normalized spacial score (nSPS) is 16.8. The molecule has 0 bridgehead atoms. The maximum absolute atomic E-state index is 12.7. The fourth-order valence-electron chi connectivity index (χ4n) is 3.20. The van der Waals surface area contributed by atoms with Gasteiger partial charge in [-0.25, -0.2) is 4.98 Å². The molecule has 2 aromatic heterocycles. The fourth-order valence-corrected chi connectivity index (χ4v) is 4.47. The maximum Gasteiger partial charge on any atom is 0.289 e. The lowest BCUT2D eigenvalue weighted by Crippen LogP contribution is -2.43. The molecule has 4 rings (SSSR count). The van der Waals surface area contributed by atoms with E-state index in [1.54, 1.807) is 6.92 Å². The topological polar surface area (TPSA) is 79.6 Å². The highest BCUT2D eigenvalue weighted by molar-refractivity contribution is 9.10. The molecule has 0 unspecified atom stereocenters. The van der Waals surface area contributed by atoms with Crippen LogP contribution in [0, 0.1) is 6.92 Å². The third-order valence-corrected chi connectivity index (χ3v) is 6.48. The van der Waals surface area contributed by atoms with Crippen LogP contribution in [0.5, 0.6) is 0 Å². The lowest BCUT2D eigenvalue weighted by atomic mass is 10.2. The van der Waals surface area contributed by atoms with Crippen molar-refractivity contribution in [1.29, 1.82) is 0 Å². The van der Waals surface area contributed by atoms with Crippen molar-refractivity contribution in [1.82, 2.24) is 19.9 Å². The van der Waals surface area contributed by atoms with Gasteiger partial charge in [-0.2, -0.15) is 4.52 Å². The summed E-state index contributed by atoms with van der Waals surface area (Å²) in [7, 11) is 0. The van der Waals surface area contributed by atoms with E-state index in [0.717, 1.165) is 24.9 Å². The van der Waals surface area contributed by atoms with Crippen LogP contribution in [0.25, 0.3) is 4.96 Å². The summed E-state index contributed by atoms with van der Waals surface area (Å²) in [6, 6.07) is 9.55. The quantitative estimate of drug-likeness (QED) is 0.664. The standard InChI is InChI=1S/C18H18BrN5O2S/c1-11-14(19)16(26)24-17(21-11)27-18(22-24)23-9-5-8-13(23)15(25)20-10-12-6-3-2-4-7-12/h2-4,6-7,13H,5,8-10H2,1H3,(H,20,25)/t13-/m1/s1. The molecule has 1 saturated heterocycles. The summed E-state index contributed by atoms with van der Waals surface area (Å²) in [6.45, 7) is 3.01. The number of aromatic nitrogens is 3. The van der Waals surface area contributed by atoms with Crippen LogP contribution in [0.4, 0.5) is 5.13 Å². The van der Waals surface area contributed by atoms with Gasteiger partial charge in [0.15, 0.2) is 0 Å². The molecule has 1 aliphatic heterocycles. The smallest absolute Gasteiger partial charge is 0.289 e. The molecule has 3 aromatic rings. The van der Waals surface area contributed by atoms with Crippen molar-refractivity contribution in [3.05, 3.63) is 56.4 Å². The van der Waals surface area contributed by atoms with Gasteiger partial charge in [-0.3, -0.25) is 9.59 Å². The van der Waals surface area contributed by atoms with Crippen LogP contribution in [-0.4, -0.2) is 33.1 Å². The minimum absolute atomic E-state index is 0.0201. The van der Waals surface area contributed by atoms with Crippen LogP contribution in [0.1, 0.15) is 24.1 Å². The molecule has 1 aromatic carbocycles. The van der Waals surface area contributed by atoms with Crippen molar-refractivity contribution in [2.45, 2.75) is 32.4 Å². The Bertz CT molecular complexity index is 1050. The molecule has 3 heterocycles. The molecule has 0 radical (unpaired) electrons. The molecule has 9 heteroatoms. The fraction of sp³-hybridized carbons (Fsp3) is 0.333. The second kappa shape index (κ2) is 7.40. The van der Waals surface area contributed by atoms with Gasteiger partial charge in [-0.1, -0.05) is 41.7 Å². The first kappa shape index (κ1) is 18.1. The first-order valence-corrected chi connectivity index (χ1v) is 10.3. The SMILES string of the molecule is Cc1nc2sc(N3CCC[C@@H]3C(=O)NCc3ccccc3)nn2c(=O)c1Br. The third kappa shape index (κ3) is 3.49. The zero-order valence-corrected chi connectivity index (χ0v) is 17.1. The van der Waals surface area contributed by atoms with Crippen LogP contribution in [0.3, 0.4) is 0 Å². The van der Waals surface area contributed by atoms with E-state index in [1.807, 2.05) is 35.2 Å². The summed E-state index contributed by atoms with van der Waals surface area (Å²) in [4.78, 5) is 32.0. The number of fused-ring (bicyclic) bond motifs is 1. The molecule has 0 aliphatic carbocycles. The highest BCUT2D eigenvalue weighted by Crippen LogP contribution is 2.29. The number of aryl methyl sites for hydroxylation is 1. The third-order valence-electron chi connectivity index (χ3n) is 4.62. The Kier molecular flexibility index (Phi) is 4.96. The maximum atomic E-state index is 12.7. The van der Waals surface area contributed by atoms with E-state index in [4.69, 9.17) is 0 Å². The number of hydrogen-bond acceptors (Lipinski definition) is 6. The molecule has 27 heavy (non-hydrogen) atoms. The zero-order chi connectivity index (χ0) is 19.0. The minimum Gasteiger partial charge on any atom is -0.350 e. The molecule has 1 N–H and O–H groups in total. The Hall–Kier alpha value is -2.26. The number of carbonyl (C=O) groups is 1. The zero-order valence-electron chi connectivity index (χ0n) is 14.7. The summed E-state index contributed by atoms with van der Waals surface area (Å²) in [5.74, 6) is -0.0201. The van der Waals surface area contributed by atoms with Gasteiger partial charge in [0, 0.05) is 13.1 Å². The number of amides is 1. The summed E-state index contributed by atoms with van der Waals surface area (Å²) < 4.78 is 1.71. The van der Waals surface area contributed by atoms with E-state index in [2.05, 4.69) is 31.3 Å². The van der Waals surface area contributed by atoms with Gasteiger partial charge in [0.05, 0.1) is 5.69 Å². The van der Waals surface area contributed by atoms with Crippen molar-refractivity contribution >= 4 is 43.3 Å². The molecular weight excluding hydrogens is 430 g/mol. The lowest BCUT2D eigenvalue weighted by molar-refractivity contribution is -0.122. The van der Waals surface area contributed by atoms with Crippen LogP contribution >= 0.6 is 27.3 Å². The molecule has 1 aliphatic rings. The largest absolute Gasteiger partial charge is 0.350 e. The molecule has 7 nitrogen and oxygen atoms in total. The molecule has 0 spiro atoms. The second-order valence-corrected chi connectivity index (χ2v) is 8.18. The van der Waals surface area contributed by atoms with Crippen molar-refractivity contribution < 1.29 is 4.79 Å². The monoisotopic (exact) mass is 447 g/mol. The average Bonchev–Trinajstić information content (AvgIpc) is 3.32. The van der Waals surface area contributed by atoms with Crippen LogP contribution in [0.15, 0.2) is 39.6 Å². The molecular formula is C18H18BrN5O2S. The average molecular weight is 448 g/mol. The summed E-state index contributed by atoms with van der Waals surface area (Å²) in [5.41, 5.74) is 1.46. The number of benzene rings is 1. The van der Waals surface area contributed by atoms with E-state index < -0.39 is 0 Å². The van der Waals surface area contributed by atoms with Gasteiger partial charge >= 0.3 is 0 Å². The Morgan fingerprint density at radius 1 is 1.37 bits per heavy atom. The number of carbonyl (C=O) groups excluding carboxylic acids is 1. The molecule has 1 amide bonds. The van der Waals surface area contributed by atoms with Crippen molar-refractivity contribution in [2.24, 2.45) is 0 Å². The van der Waals surface area contributed by atoms with Gasteiger partial charge in [0.25, 0.3) is 5.56 Å². The lowest BCUT2D eigenvalue weighted by Gasteiger charge is -2.22. The highest BCUT2D eigenvalue weighted by atomic mass is 79.9. The van der Waals surface area contributed by atoms with Gasteiger partial charge in [0.2, 0.25) is 16.0 Å². The van der Waals surface area contributed by atoms with Gasteiger partial charge < -0.3 is 10.2 Å². The van der Waals surface area contributed by atoms with E-state index >= 15 is 0 Å². The van der Waals surface area contributed by atoms with Gasteiger partial charge in [-0.05, 0) is 41.3 Å². The van der Waals surface area contributed by atoms with Gasteiger partial charge in [0.1, 0.15) is 10.5 Å². The first-order valence-electron chi connectivity index (χ1n) is 8.69. The predicted molar refractivity (Wildman–Crippen MR) is 108 cm³/mol. The second-order valence-electron chi connectivity index (χ2n) is 6.45. The van der Waals surface area contributed by atoms with E-state index in [9.17, 15) is 9.59 Å². The van der Waals surface area contributed by atoms with Crippen molar-refractivity contribution in [3.63, 3.8) is 0 Å². The Balaban J connectivity index is 1.56. The number of anilines is 1. The number of nitrogens with one attached hydrogen (secondary N) is 1. The molecule has 140 valence electrons. The predicted octanol–water partition coefficient (Wildman–Crippen LogP) is 2.51. The first-order chi connectivity index (χ1) is 13.0. The van der Waals surface area contributed by atoms with E-state index in [1.165, 1.54) is 15.9 Å². The Morgan fingerprint density at radius 3 is 2.93 bits per heavy atom. The van der Waals surface area contributed by atoms with Gasteiger partial charge in [-0.15, -0.1) is 5.10 Å². The number of rotatable bonds is 4. The number of hydrogen-bond donors (Lipinski definition) is 1. The Morgan fingerprint density at radius 2 is 2.15 bits per heavy atom. The highest BCUT2D eigenvalue weighted by Gasteiger charge is 2.33. The molecule has 0 saturated carbocycles. The summed E-state index contributed by atoms with van der Waals surface area (Å²) >= 11 is 4.59. The van der Waals surface area contributed by atoms with E-state index in [-0.39, 0.29) is 17.5 Å². The number of nitrogens with zero attached hydrogens (tertiary/aromatic N) is 4. The van der Waals surface area contributed by atoms with Crippen LogP contribution in [-0.2, 0) is 11.3 Å². The van der Waals surface area contributed by atoms with Crippen LogP contribution in [0.2, 0.25) is 0 Å². The van der Waals surface area contributed by atoms with Crippen molar-refractivity contribution in [2.75, 3.05) is 11.4 Å². The Labute approximate surface area is 168 Å². The van der Waals surface area contributed by atoms with Crippen molar-refractivity contribution in [3.8, 4) is 0 Å². The van der Waals surface area contributed by atoms with Crippen LogP contribution < -0.4 is 15.8 Å². The molecule has 1 fully saturated rings.